The van der Waals surface area contributed by atoms with E-state index in [2.05, 4.69) is 18.3 Å². The maximum absolute atomic E-state index is 13.4. The molecule has 0 spiro atoms. The predicted octanol–water partition coefficient (Wildman–Crippen LogP) is 5.46. The second kappa shape index (κ2) is 8.26. The number of rotatable bonds is 5. The van der Waals surface area contributed by atoms with Crippen LogP contribution in [0.1, 0.15) is 77.6 Å². The van der Waals surface area contributed by atoms with E-state index in [4.69, 9.17) is 0 Å². The Kier molecular flexibility index (Phi) is 6.66. The van der Waals surface area contributed by atoms with Gasteiger partial charge in [0, 0.05) is 18.9 Å². The minimum atomic E-state index is -2.42. The van der Waals surface area contributed by atoms with E-state index in [-0.39, 0.29) is 12.8 Å². The highest BCUT2D eigenvalue weighted by molar-refractivity contribution is 5.14. The smallest absolute Gasteiger partial charge is 0.248 e. The van der Waals surface area contributed by atoms with Gasteiger partial charge in [-0.25, -0.2) is 8.78 Å². The van der Waals surface area contributed by atoms with E-state index in [1.807, 2.05) is 0 Å². The molecular formula is C18H31F2N. The van der Waals surface area contributed by atoms with Gasteiger partial charge < -0.3 is 5.32 Å². The molecule has 0 aromatic carbocycles. The molecule has 1 nitrogen and oxygen atoms in total. The van der Waals surface area contributed by atoms with Gasteiger partial charge in [0.15, 0.2) is 0 Å². The van der Waals surface area contributed by atoms with Gasteiger partial charge in [-0.1, -0.05) is 31.4 Å². The molecule has 1 unspecified atom stereocenters. The molecule has 0 radical (unpaired) electrons. The molecule has 21 heavy (non-hydrogen) atoms. The van der Waals surface area contributed by atoms with E-state index in [9.17, 15) is 8.78 Å². The van der Waals surface area contributed by atoms with Crippen LogP contribution in [0.4, 0.5) is 8.78 Å². The molecule has 0 aromatic rings. The van der Waals surface area contributed by atoms with Crippen molar-refractivity contribution in [2.24, 2.45) is 5.92 Å². The first-order valence-corrected chi connectivity index (χ1v) is 8.92. The van der Waals surface area contributed by atoms with Crippen LogP contribution in [-0.4, -0.2) is 18.5 Å². The SMILES string of the molecule is CCCNC(C1=CCCCCCC1)C1CCC(F)(F)CC1. The van der Waals surface area contributed by atoms with Crippen LogP contribution in [0.3, 0.4) is 0 Å². The Hall–Kier alpha value is -0.440. The van der Waals surface area contributed by atoms with Crippen molar-refractivity contribution in [3.63, 3.8) is 0 Å². The van der Waals surface area contributed by atoms with E-state index in [0.29, 0.717) is 24.8 Å². The lowest BCUT2D eigenvalue weighted by Crippen LogP contribution is -2.41. The zero-order valence-electron chi connectivity index (χ0n) is 13.5. The van der Waals surface area contributed by atoms with Crippen LogP contribution in [0.2, 0.25) is 0 Å². The minimum absolute atomic E-state index is 0.0786. The second-order valence-corrected chi connectivity index (χ2v) is 6.86. The molecule has 2 aliphatic carbocycles. The number of nitrogens with one attached hydrogen (secondary N) is 1. The van der Waals surface area contributed by atoms with Gasteiger partial charge in [0.1, 0.15) is 0 Å². The van der Waals surface area contributed by atoms with Gasteiger partial charge in [-0.3, -0.25) is 0 Å². The van der Waals surface area contributed by atoms with E-state index in [1.54, 1.807) is 0 Å². The second-order valence-electron chi connectivity index (χ2n) is 6.86. The molecule has 1 fully saturated rings. The highest BCUT2D eigenvalue weighted by Gasteiger charge is 2.38. The molecule has 3 heteroatoms. The summed E-state index contributed by atoms with van der Waals surface area (Å²) in [4.78, 5) is 0. The van der Waals surface area contributed by atoms with Crippen LogP contribution >= 0.6 is 0 Å². The number of hydrogen-bond donors (Lipinski definition) is 1. The van der Waals surface area contributed by atoms with E-state index >= 15 is 0 Å². The van der Waals surface area contributed by atoms with Crippen LogP contribution in [-0.2, 0) is 0 Å². The minimum Gasteiger partial charge on any atom is -0.310 e. The first-order valence-electron chi connectivity index (χ1n) is 8.92. The summed E-state index contributed by atoms with van der Waals surface area (Å²) in [6.45, 7) is 3.17. The molecule has 1 saturated carbocycles. The number of alkyl halides is 2. The van der Waals surface area contributed by atoms with Crippen molar-refractivity contribution in [1.82, 2.24) is 5.32 Å². The van der Waals surface area contributed by atoms with Crippen LogP contribution < -0.4 is 5.32 Å². The maximum atomic E-state index is 13.4. The van der Waals surface area contributed by atoms with Gasteiger partial charge in [-0.2, -0.15) is 0 Å². The third-order valence-electron chi connectivity index (χ3n) is 5.07. The summed E-state index contributed by atoms with van der Waals surface area (Å²) in [5.74, 6) is -2.01. The van der Waals surface area contributed by atoms with Crippen molar-refractivity contribution in [3.05, 3.63) is 11.6 Å². The molecule has 2 rings (SSSR count). The van der Waals surface area contributed by atoms with Gasteiger partial charge in [-0.05, 0) is 57.4 Å². The number of allylic oxidation sites excluding steroid dienone is 1. The standard InChI is InChI=1S/C18H31F2N/c1-2-14-21-17(15-8-6-4-3-5-7-9-15)16-10-12-18(19,20)13-11-16/h8,16-17,21H,2-7,9-14H2,1H3. The monoisotopic (exact) mass is 299 g/mol. The number of hydrogen-bond acceptors (Lipinski definition) is 1. The van der Waals surface area contributed by atoms with Crippen molar-refractivity contribution in [3.8, 4) is 0 Å². The third-order valence-corrected chi connectivity index (χ3v) is 5.07. The van der Waals surface area contributed by atoms with Crippen molar-refractivity contribution in [2.75, 3.05) is 6.54 Å². The average molecular weight is 299 g/mol. The Labute approximate surface area is 128 Å². The molecule has 1 N–H and O–H groups in total. The Balaban J connectivity index is 2.02. The van der Waals surface area contributed by atoms with Gasteiger partial charge in [0.05, 0.1) is 0 Å². The van der Waals surface area contributed by atoms with Crippen molar-refractivity contribution >= 4 is 0 Å². The molecule has 0 heterocycles. The molecule has 0 amide bonds. The first-order chi connectivity index (χ1) is 10.1. The zero-order chi connectivity index (χ0) is 15.1. The lowest BCUT2D eigenvalue weighted by Gasteiger charge is -2.36. The van der Waals surface area contributed by atoms with Crippen molar-refractivity contribution in [2.45, 2.75) is 89.5 Å². The average Bonchev–Trinajstić information content (AvgIpc) is 2.42. The highest BCUT2D eigenvalue weighted by Crippen LogP contribution is 2.39. The summed E-state index contributed by atoms with van der Waals surface area (Å²) < 4.78 is 26.8. The van der Waals surface area contributed by atoms with Crippen molar-refractivity contribution < 1.29 is 8.78 Å². The topological polar surface area (TPSA) is 12.0 Å². The summed E-state index contributed by atoms with van der Waals surface area (Å²) in [5.41, 5.74) is 1.51. The zero-order valence-corrected chi connectivity index (χ0v) is 13.5. The van der Waals surface area contributed by atoms with E-state index in [1.165, 1.54) is 37.7 Å². The maximum Gasteiger partial charge on any atom is 0.248 e. The van der Waals surface area contributed by atoms with Crippen LogP contribution in [0.15, 0.2) is 11.6 Å². The molecular weight excluding hydrogens is 268 g/mol. The molecule has 0 aliphatic heterocycles. The Morgan fingerprint density at radius 2 is 1.90 bits per heavy atom. The quantitative estimate of drug-likeness (QED) is 0.665. The Morgan fingerprint density at radius 1 is 1.19 bits per heavy atom. The number of halogens is 2. The normalized spacial score (nSPS) is 25.8. The fourth-order valence-corrected chi connectivity index (χ4v) is 3.80. The molecule has 0 bridgehead atoms. The molecule has 2 aliphatic rings. The van der Waals surface area contributed by atoms with Crippen LogP contribution in [0.25, 0.3) is 0 Å². The van der Waals surface area contributed by atoms with Crippen LogP contribution in [0, 0.1) is 5.92 Å². The van der Waals surface area contributed by atoms with Gasteiger partial charge in [-0.15, -0.1) is 0 Å². The molecule has 0 saturated heterocycles. The third kappa shape index (κ3) is 5.36. The Bertz CT molecular complexity index is 328. The van der Waals surface area contributed by atoms with Gasteiger partial charge >= 0.3 is 0 Å². The fraction of sp³-hybridized carbons (Fsp3) is 0.889. The van der Waals surface area contributed by atoms with E-state index in [0.717, 1.165) is 19.4 Å². The summed E-state index contributed by atoms with van der Waals surface area (Å²) in [6.07, 6.45) is 12.6. The van der Waals surface area contributed by atoms with E-state index < -0.39 is 5.92 Å². The van der Waals surface area contributed by atoms with Crippen molar-refractivity contribution in [1.29, 1.82) is 0 Å². The molecule has 0 aromatic heterocycles. The largest absolute Gasteiger partial charge is 0.310 e. The van der Waals surface area contributed by atoms with Gasteiger partial charge in [0.2, 0.25) is 5.92 Å². The summed E-state index contributed by atoms with van der Waals surface area (Å²) in [7, 11) is 0. The molecule has 1 atom stereocenters. The van der Waals surface area contributed by atoms with Gasteiger partial charge in [0.25, 0.3) is 0 Å². The Morgan fingerprint density at radius 3 is 2.62 bits per heavy atom. The highest BCUT2D eigenvalue weighted by atomic mass is 19.3. The first kappa shape index (κ1) is 16.9. The lowest BCUT2D eigenvalue weighted by atomic mass is 9.77. The predicted molar refractivity (Wildman–Crippen MR) is 84.8 cm³/mol. The van der Waals surface area contributed by atoms with Crippen LogP contribution in [0.5, 0.6) is 0 Å². The summed E-state index contributed by atoms with van der Waals surface area (Å²) in [5, 5.41) is 3.67. The lowest BCUT2D eigenvalue weighted by molar-refractivity contribution is -0.0483. The fourth-order valence-electron chi connectivity index (χ4n) is 3.80. The summed E-state index contributed by atoms with van der Waals surface area (Å²) >= 11 is 0. The summed E-state index contributed by atoms with van der Waals surface area (Å²) in [6, 6.07) is 0.346. The molecule has 122 valence electrons.